The molecular formula is C16H22FN3O3S. The van der Waals surface area contributed by atoms with Crippen molar-refractivity contribution in [3.63, 3.8) is 0 Å². The van der Waals surface area contributed by atoms with Gasteiger partial charge in [-0.15, -0.1) is 0 Å². The molecule has 0 aromatic heterocycles. The minimum Gasteiger partial charge on any atom is -0.339 e. The second kappa shape index (κ2) is 6.78. The number of likely N-dealkylation sites (tertiary alicyclic amines) is 1. The standard InChI is InChI=1S/C16H22FN3O3S/c1-12-11-18-6-9-20(12)24(22,23)13-4-5-14(15(17)10-13)16(21)19-7-2-3-8-19/h4-5,10,12,18H,2-3,6-9,11H2,1H3. The highest BCUT2D eigenvalue weighted by Crippen LogP contribution is 2.23. The predicted molar refractivity (Wildman–Crippen MR) is 87.8 cm³/mol. The van der Waals surface area contributed by atoms with Crippen LogP contribution in [0.25, 0.3) is 0 Å². The summed E-state index contributed by atoms with van der Waals surface area (Å²) in [6.07, 6.45) is 1.83. The Bertz CT molecular complexity index is 732. The quantitative estimate of drug-likeness (QED) is 0.880. The average Bonchev–Trinajstić information content (AvgIpc) is 3.09. The zero-order valence-electron chi connectivity index (χ0n) is 13.7. The monoisotopic (exact) mass is 355 g/mol. The number of carbonyl (C=O) groups is 1. The third kappa shape index (κ3) is 3.18. The molecule has 0 aliphatic carbocycles. The predicted octanol–water partition coefficient (Wildman–Crippen LogP) is 1.04. The van der Waals surface area contributed by atoms with E-state index in [2.05, 4.69) is 5.32 Å². The average molecular weight is 355 g/mol. The summed E-state index contributed by atoms with van der Waals surface area (Å²) in [5, 5.41) is 3.12. The Morgan fingerprint density at radius 1 is 1.25 bits per heavy atom. The van der Waals surface area contributed by atoms with Crippen LogP contribution in [-0.4, -0.2) is 62.3 Å². The molecule has 0 radical (unpaired) electrons. The Hall–Kier alpha value is -1.51. The van der Waals surface area contributed by atoms with Gasteiger partial charge >= 0.3 is 0 Å². The van der Waals surface area contributed by atoms with Crippen LogP contribution in [0.3, 0.4) is 0 Å². The van der Waals surface area contributed by atoms with Crippen LogP contribution in [0.15, 0.2) is 23.1 Å². The maximum Gasteiger partial charge on any atom is 0.256 e. The van der Waals surface area contributed by atoms with Gasteiger partial charge in [0.2, 0.25) is 10.0 Å². The zero-order chi connectivity index (χ0) is 17.3. The molecule has 1 atom stereocenters. The van der Waals surface area contributed by atoms with Crippen LogP contribution in [0.1, 0.15) is 30.1 Å². The van der Waals surface area contributed by atoms with Crippen molar-refractivity contribution in [2.75, 3.05) is 32.7 Å². The molecule has 132 valence electrons. The van der Waals surface area contributed by atoms with Gasteiger partial charge in [0.1, 0.15) is 5.82 Å². The number of nitrogens with one attached hydrogen (secondary N) is 1. The molecule has 2 fully saturated rings. The van der Waals surface area contributed by atoms with Gasteiger partial charge in [-0.3, -0.25) is 4.79 Å². The minimum atomic E-state index is -3.77. The first-order valence-corrected chi connectivity index (χ1v) is 9.66. The first-order valence-electron chi connectivity index (χ1n) is 8.22. The van der Waals surface area contributed by atoms with Crippen LogP contribution in [0.5, 0.6) is 0 Å². The lowest BCUT2D eigenvalue weighted by atomic mass is 10.2. The van der Waals surface area contributed by atoms with Gasteiger partial charge in [0.25, 0.3) is 5.91 Å². The Balaban J connectivity index is 1.87. The summed E-state index contributed by atoms with van der Waals surface area (Å²) in [4.78, 5) is 13.8. The molecule has 1 N–H and O–H groups in total. The van der Waals surface area contributed by atoms with Gasteiger partial charge in [0, 0.05) is 38.8 Å². The van der Waals surface area contributed by atoms with Crippen molar-refractivity contribution in [2.24, 2.45) is 0 Å². The Kier molecular flexibility index (Phi) is 4.89. The summed E-state index contributed by atoms with van der Waals surface area (Å²) < 4.78 is 41.2. The van der Waals surface area contributed by atoms with E-state index in [4.69, 9.17) is 0 Å². The van der Waals surface area contributed by atoms with E-state index >= 15 is 0 Å². The van der Waals surface area contributed by atoms with Crippen LogP contribution in [-0.2, 0) is 10.0 Å². The van der Waals surface area contributed by atoms with Crippen molar-refractivity contribution in [2.45, 2.75) is 30.7 Å². The molecule has 2 aliphatic heterocycles. The van der Waals surface area contributed by atoms with E-state index < -0.39 is 15.8 Å². The molecule has 8 heteroatoms. The molecule has 0 saturated carbocycles. The first kappa shape index (κ1) is 17.3. The van der Waals surface area contributed by atoms with Crippen molar-refractivity contribution in [3.05, 3.63) is 29.6 Å². The lowest BCUT2D eigenvalue weighted by Gasteiger charge is -2.32. The molecule has 6 nitrogen and oxygen atoms in total. The minimum absolute atomic E-state index is 0.0655. The number of amides is 1. The fourth-order valence-corrected chi connectivity index (χ4v) is 4.88. The maximum atomic E-state index is 14.4. The van der Waals surface area contributed by atoms with Gasteiger partial charge in [0.15, 0.2) is 0 Å². The highest BCUT2D eigenvalue weighted by molar-refractivity contribution is 7.89. The maximum absolute atomic E-state index is 14.4. The van der Waals surface area contributed by atoms with E-state index in [0.29, 0.717) is 32.7 Å². The van der Waals surface area contributed by atoms with Crippen LogP contribution in [0, 0.1) is 5.82 Å². The van der Waals surface area contributed by atoms with Gasteiger partial charge in [0.05, 0.1) is 10.5 Å². The number of nitrogens with zero attached hydrogens (tertiary/aromatic N) is 2. The van der Waals surface area contributed by atoms with E-state index in [1.165, 1.54) is 16.4 Å². The van der Waals surface area contributed by atoms with Crippen molar-refractivity contribution in [3.8, 4) is 0 Å². The summed E-state index contributed by atoms with van der Waals surface area (Å²) in [5.74, 6) is -1.15. The van der Waals surface area contributed by atoms with Crippen molar-refractivity contribution in [1.82, 2.24) is 14.5 Å². The second-order valence-corrected chi connectivity index (χ2v) is 8.20. The summed E-state index contributed by atoms with van der Waals surface area (Å²) in [7, 11) is -3.77. The molecule has 1 unspecified atom stereocenters. The molecule has 1 aromatic rings. The highest BCUT2D eigenvalue weighted by atomic mass is 32.2. The molecule has 0 spiro atoms. The molecule has 1 amide bonds. The number of piperazine rings is 1. The molecule has 3 rings (SSSR count). The third-order valence-corrected chi connectivity index (χ3v) is 6.62. The lowest BCUT2D eigenvalue weighted by Crippen LogP contribution is -2.52. The summed E-state index contributed by atoms with van der Waals surface area (Å²) >= 11 is 0. The fraction of sp³-hybridized carbons (Fsp3) is 0.562. The topological polar surface area (TPSA) is 69.7 Å². The van der Waals surface area contributed by atoms with E-state index in [1.807, 2.05) is 6.92 Å². The number of hydrogen-bond donors (Lipinski definition) is 1. The number of carbonyl (C=O) groups excluding carboxylic acids is 1. The lowest BCUT2D eigenvalue weighted by molar-refractivity contribution is 0.0788. The Morgan fingerprint density at radius 3 is 2.58 bits per heavy atom. The molecule has 2 aliphatic rings. The smallest absolute Gasteiger partial charge is 0.256 e. The molecule has 2 saturated heterocycles. The molecule has 24 heavy (non-hydrogen) atoms. The van der Waals surface area contributed by atoms with Gasteiger partial charge < -0.3 is 10.2 Å². The number of halogens is 1. The number of hydrogen-bond acceptors (Lipinski definition) is 4. The third-order valence-electron chi connectivity index (χ3n) is 4.61. The van der Waals surface area contributed by atoms with Gasteiger partial charge in [-0.2, -0.15) is 4.31 Å². The van der Waals surface area contributed by atoms with Gasteiger partial charge in [-0.05, 0) is 38.0 Å². The second-order valence-electron chi connectivity index (χ2n) is 6.31. The van der Waals surface area contributed by atoms with Gasteiger partial charge in [-0.1, -0.05) is 0 Å². The number of rotatable bonds is 3. The van der Waals surface area contributed by atoms with Crippen molar-refractivity contribution < 1.29 is 17.6 Å². The largest absolute Gasteiger partial charge is 0.339 e. The van der Waals surface area contributed by atoms with E-state index in [1.54, 1.807) is 4.90 Å². The van der Waals surface area contributed by atoms with E-state index in [9.17, 15) is 17.6 Å². The number of sulfonamides is 1. The Labute approximate surface area is 141 Å². The normalized spacial score (nSPS) is 22.8. The molecule has 2 heterocycles. The summed E-state index contributed by atoms with van der Waals surface area (Å²) in [6, 6.07) is 3.39. The molecule has 1 aromatic carbocycles. The van der Waals surface area contributed by atoms with Crippen LogP contribution < -0.4 is 5.32 Å². The van der Waals surface area contributed by atoms with Crippen LogP contribution >= 0.6 is 0 Å². The van der Waals surface area contributed by atoms with Gasteiger partial charge in [-0.25, -0.2) is 12.8 Å². The van der Waals surface area contributed by atoms with Crippen molar-refractivity contribution in [1.29, 1.82) is 0 Å². The van der Waals surface area contributed by atoms with Crippen LogP contribution in [0.2, 0.25) is 0 Å². The molecular weight excluding hydrogens is 333 g/mol. The van der Waals surface area contributed by atoms with Crippen LogP contribution in [0.4, 0.5) is 4.39 Å². The SMILES string of the molecule is CC1CNCCN1S(=O)(=O)c1ccc(C(=O)N2CCCC2)c(F)c1. The zero-order valence-corrected chi connectivity index (χ0v) is 14.5. The summed E-state index contributed by atoms with van der Waals surface area (Å²) in [6.45, 7) is 4.53. The van der Waals surface area contributed by atoms with E-state index in [-0.39, 0.29) is 22.4 Å². The molecule has 0 bridgehead atoms. The number of benzene rings is 1. The first-order chi connectivity index (χ1) is 11.4. The Morgan fingerprint density at radius 2 is 1.96 bits per heavy atom. The summed E-state index contributed by atoms with van der Waals surface area (Å²) in [5.41, 5.74) is -0.0655. The highest BCUT2D eigenvalue weighted by Gasteiger charge is 2.32. The van der Waals surface area contributed by atoms with Crippen molar-refractivity contribution >= 4 is 15.9 Å². The van der Waals surface area contributed by atoms with E-state index in [0.717, 1.165) is 18.9 Å². The fourth-order valence-electron chi connectivity index (χ4n) is 3.24.